The first-order chi connectivity index (χ1) is 8.83. The summed E-state index contributed by atoms with van der Waals surface area (Å²) in [6.07, 6.45) is 2.35. The molecule has 3 rings (SSSR count). The summed E-state index contributed by atoms with van der Waals surface area (Å²) in [6.45, 7) is 2.07. The second kappa shape index (κ2) is 5.20. The van der Waals surface area contributed by atoms with Gasteiger partial charge in [0, 0.05) is 5.75 Å². The van der Waals surface area contributed by atoms with Crippen molar-refractivity contribution >= 4 is 21.8 Å². The summed E-state index contributed by atoms with van der Waals surface area (Å²) in [5, 5.41) is 3.97. The Labute approximate surface area is 109 Å². The molecule has 0 aliphatic carbocycles. The van der Waals surface area contributed by atoms with Gasteiger partial charge in [0.25, 0.3) is 0 Å². The van der Waals surface area contributed by atoms with E-state index >= 15 is 0 Å². The molecule has 1 fully saturated rings. The van der Waals surface area contributed by atoms with E-state index in [2.05, 4.69) is 15.3 Å². The molecule has 0 unspecified atom stereocenters. The number of piperidine rings is 1. The third-order valence-electron chi connectivity index (χ3n) is 3.37. The van der Waals surface area contributed by atoms with E-state index in [1.54, 1.807) is 0 Å². The number of nitrogens with zero attached hydrogens (tertiary/aromatic N) is 1. The molecule has 1 aromatic carbocycles. The van der Waals surface area contributed by atoms with Gasteiger partial charge in [-0.3, -0.25) is 4.21 Å². The summed E-state index contributed by atoms with van der Waals surface area (Å²) in [5.74, 6) is 1.21. The van der Waals surface area contributed by atoms with Gasteiger partial charge in [0.1, 0.15) is 0 Å². The normalized spacial score (nSPS) is 22.1. The van der Waals surface area contributed by atoms with Crippen LogP contribution in [0.2, 0.25) is 0 Å². The third-order valence-corrected chi connectivity index (χ3v) is 4.77. The van der Waals surface area contributed by atoms with Crippen molar-refractivity contribution in [2.24, 2.45) is 5.92 Å². The standard InChI is InChI=1S/C13H17N3OS/c17-18(9-10-4-3-7-14-8-10)13-15-11-5-1-2-6-12(11)16-13/h1-2,5-6,10,14H,3-4,7-9H2,(H,15,16)/t10-,18-/m1/s1. The van der Waals surface area contributed by atoms with E-state index in [0.717, 1.165) is 24.1 Å². The minimum atomic E-state index is -1.02. The molecule has 18 heavy (non-hydrogen) atoms. The molecular weight excluding hydrogens is 246 g/mol. The van der Waals surface area contributed by atoms with Crippen LogP contribution in [0.5, 0.6) is 0 Å². The molecule has 0 spiro atoms. The Balaban J connectivity index is 1.74. The number of hydrogen-bond donors (Lipinski definition) is 2. The number of hydrogen-bond acceptors (Lipinski definition) is 3. The Morgan fingerprint density at radius 2 is 2.28 bits per heavy atom. The van der Waals surface area contributed by atoms with Gasteiger partial charge in [0.2, 0.25) is 0 Å². The molecule has 0 radical (unpaired) electrons. The summed E-state index contributed by atoms with van der Waals surface area (Å²) < 4.78 is 12.3. The van der Waals surface area contributed by atoms with E-state index in [-0.39, 0.29) is 0 Å². The smallest absolute Gasteiger partial charge is 0.197 e. The minimum Gasteiger partial charge on any atom is -0.331 e. The molecule has 96 valence electrons. The van der Waals surface area contributed by atoms with E-state index in [9.17, 15) is 4.21 Å². The summed E-state index contributed by atoms with van der Waals surface area (Å²) in [7, 11) is -1.02. The van der Waals surface area contributed by atoms with Gasteiger partial charge in [-0.25, -0.2) is 4.98 Å². The van der Waals surface area contributed by atoms with Crippen LogP contribution in [0.1, 0.15) is 12.8 Å². The van der Waals surface area contributed by atoms with Crippen LogP contribution >= 0.6 is 0 Å². The van der Waals surface area contributed by atoms with Gasteiger partial charge in [-0.1, -0.05) is 12.1 Å². The Morgan fingerprint density at radius 3 is 3.06 bits per heavy atom. The van der Waals surface area contributed by atoms with Crippen molar-refractivity contribution in [2.75, 3.05) is 18.8 Å². The van der Waals surface area contributed by atoms with Gasteiger partial charge in [-0.15, -0.1) is 0 Å². The number of aromatic nitrogens is 2. The van der Waals surface area contributed by atoms with Gasteiger partial charge >= 0.3 is 0 Å². The maximum absolute atomic E-state index is 12.3. The summed E-state index contributed by atoms with van der Waals surface area (Å²) in [6, 6.07) is 7.80. The maximum atomic E-state index is 12.3. The van der Waals surface area contributed by atoms with E-state index < -0.39 is 10.8 Å². The number of H-pyrrole nitrogens is 1. The molecule has 0 bridgehead atoms. The lowest BCUT2D eigenvalue weighted by Gasteiger charge is -2.21. The van der Waals surface area contributed by atoms with E-state index in [0.29, 0.717) is 16.8 Å². The van der Waals surface area contributed by atoms with Crippen LogP contribution in [0.4, 0.5) is 0 Å². The number of aromatic amines is 1. The molecule has 2 heterocycles. The number of nitrogens with one attached hydrogen (secondary N) is 2. The lowest BCUT2D eigenvalue weighted by Crippen LogP contribution is -2.32. The fraction of sp³-hybridized carbons (Fsp3) is 0.462. The van der Waals surface area contributed by atoms with Gasteiger partial charge in [0.15, 0.2) is 5.16 Å². The van der Waals surface area contributed by atoms with Crippen LogP contribution in [0.3, 0.4) is 0 Å². The Hall–Kier alpha value is -1.20. The zero-order valence-corrected chi connectivity index (χ0v) is 11.0. The number of fused-ring (bicyclic) bond motifs is 1. The molecule has 1 aliphatic heterocycles. The van der Waals surface area contributed by atoms with Crippen molar-refractivity contribution in [1.29, 1.82) is 0 Å². The Bertz CT molecular complexity index is 527. The average molecular weight is 263 g/mol. The molecule has 5 heteroatoms. The first-order valence-electron chi connectivity index (χ1n) is 6.37. The second-order valence-corrected chi connectivity index (χ2v) is 6.19. The molecule has 4 nitrogen and oxygen atoms in total. The van der Waals surface area contributed by atoms with Crippen molar-refractivity contribution in [3.05, 3.63) is 24.3 Å². The molecule has 0 saturated carbocycles. The number of imidazole rings is 1. The van der Waals surface area contributed by atoms with Crippen molar-refractivity contribution in [1.82, 2.24) is 15.3 Å². The minimum absolute atomic E-state index is 0.507. The Kier molecular flexibility index (Phi) is 3.43. The number of benzene rings is 1. The highest BCUT2D eigenvalue weighted by atomic mass is 32.2. The summed E-state index contributed by atoms with van der Waals surface area (Å²) >= 11 is 0. The van der Waals surface area contributed by atoms with Crippen LogP contribution < -0.4 is 5.32 Å². The molecule has 2 atom stereocenters. The second-order valence-electron chi connectivity index (χ2n) is 4.78. The maximum Gasteiger partial charge on any atom is 0.197 e. The van der Waals surface area contributed by atoms with Crippen LogP contribution in [0.15, 0.2) is 29.4 Å². The molecule has 1 aromatic heterocycles. The highest BCUT2D eigenvalue weighted by Gasteiger charge is 2.18. The topological polar surface area (TPSA) is 57.8 Å². The van der Waals surface area contributed by atoms with Gasteiger partial charge < -0.3 is 10.3 Å². The largest absolute Gasteiger partial charge is 0.331 e. The lowest BCUT2D eigenvalue weighted by atomic mass is 10.0. The molecule has 2 aromatic rings. The van der Waals surface area contributed by atoms with Crippen LogP contribution in [0, 0.1) is 5.92 Å². The Morgan fingerprint density at radius 1 is 1.39 bits per heavy atom. The summed E-state index contributed by atoms with van der Waals surface area (Å²) in [4.78, 5) is 7.56. The summed E-state index contributed by atoms with van der Waals surface area (Å²) in [5.41, 5.74) is 1.85. The molecule has 1 aliphatic rings. The van der Waals surface area contributed by atoms with E-state index in [1.807, 2.05) is 24.3 Å². The van der Waals surface area contributed by atoms with E-state index in [1.165, 1.54) is 12.8 Å². The third kappa shape index (κ3) is 2.47. The fourth-order valence-electron chi connectivity index (χ4n) is 2.40. The molecule has 0 amide bonds. The van der Waals surface area contributed by atoms with Gasteiger partial charge in [-0.2, -0.15) is 0 Å². The molecule has 2 N–H and O–H groups in total. The molecule has 1 saturated heterocycles. The zero-order valence-electron chi connectivity index (χ0n) is 10.2. The first-order valence-corrected chi connectivity index (χ1v) is 7.68. The van der Waals surface area contributed by atoms with Crippen molar-refractivity contribution in [2.45, 2.75) is 18.0 Å². The van der Waals surface area contributed by atoms with Gasteiger partial charge in [0.05, 0.1) is 21.8 Å². The average Bonchev–Trinajstić information content (AvgIpc) is 2.84. The predicted molar refractivity (Wildman–Crippen MR) is 73.0 cm³/mol. The first kappa shape index (κ1) is 11.9. The van der Waals surface area contributed by atoms with E-state index in [4.69, 9.17) is 0 Å². The quantitative estimate of drug-likeness (QED) is 0.885. The van der Waals surface area contributed by atoms with Crippen LogP contribution in [-0.4, -0.2) is 33.0 Å². The van der Waals surface area contributed by atoms with Crippen molar-refractivity contribution in [3.63, 3.8) is 0 Å². The lowest BCUT2D eigenvalue weighted by molar-refractivity contribution is 0.407. The zero-order chi connectivity index (χ0) is 12.4. The number of para-hydroxylation sites is 2. The van der Waals surface area contributed by atoms with Crippen molar-refractivity contribution in [3.8, 4) is 0 Å². The van der Waals surface area contributed by atoms with Crippen LogP contribution in [-0.2, 0) is 10.8 Å². The monoisotopic (exact) mass is 263 g/mol. The predicted octanol–water partition coefficient (Wildman–Crippen LogP) is 1.67. The fourth-order valence-corrected chi connectivity index (χ4v) is 3.69. The van der Waals surface area contributed by atoms with Gasteiger partial charge in [-0.05, 0) is 44.0 Å². The molecular formula is C13H17N3OS. The van der Waals surface area contributed by atoms with Crippen LogP contribution in [0.25, 0.3) is 11.0 Å². The number of rotatable bonds is 3. The SMILES string of the molecule is O=[S@](C[C@@H]1CCCNC1)c1nc2ccccc2[nH]1. The highest BCUT2D eigenvalue weighted by molar-refractivity contribution is 7.84. The highest BCUT2D eigenvalue weighted by Crippen LogP contribution is 2.17. The van der Waals surface area contributed by atoms with Crippen molar-refractivity contribution < 1.29 is 4.21 Å².